The van der Waals surface area contributed by atoms with Crippen LogP contribution in [0.2, 0.25) is 0 Å². The van der Waals surface area contributed by atoms with Gasteiger partial charge in [-0.3, -0.25) is 10.1 Å². The number of anilines is 1. The van der Waals surface area contributed by atoms with Gasteiger partial charge in [0.2, 0.25) is 5.95 Å². The molecule has 0 saturated heterocycles. The van der Waals surface area contributed by atoms with Crippen LogP contribution in [0.25, 0.3) is 22.2 Å². The minimum Gasteiger partial charge on any atom is -0.497 e. The third-order valence-corrected chi connectivity index (χ3v) is 6.91. The maximum atomic E-state index is 11.3. The number of methoxy groups -OCH3 is 1. The highest BCUT2D eigenvalue weighted by atomic mass is 16.6. The van der Waals surface area contributed by atoms with Crippen LogP contribution in [0.5, 0.6) is 5.75 Å². The third kappa shape index (κ3) is 4.68. The number of hydrazone groups is 1. The average Bonchev–Trinajstić information content (AvgIpc) is 3.43. The highest BCUT2D eigenvalue weighted by Gasteiger charge is 2.32. The molecule has 0 saturated carbocycles. The van der Waals surface area contributed by atoms with E-state index >= 15 is 0 Å². The number of benzene rings is 4. The molecular formula is C31H25N5O3. The van der Waals surface area contributed by atoms with Crippen LogP contribution >= 0.6 is 0 Å². The molecule has 0 N–H and O–H groups in total. The molecule has 1 aliphatic heterocycles. The minimum absolute atomic E-state index is 0.0447. The van der Waals surface area contributed by atoms with Gasteiger partial charge in [0.25, 0.3) is 5.69 Å². The van der Waals surface area contributed by atoms with Crippen LogP contribution < -0.4 is 9.75 Å². The van der Waals surface area contributed by atoms with Crippen LogP contribution in [0, 0.1) is 17.0 Å². The summed E-state index contributed by atoms with van der Waals surface area (Å²) in [5.41, 5.74) is 6.53. The molecule has 1 aromatic heterocycles. The number of nitro groups is 1. The van der Waals surface area contributed by atoms with Crippen LogP contribution in [0.1, 0.15) is 29.2 Å². The molecule has 2 heterocycles. The van der Waals surface area contributed by atoms with Gasteiger partial charge >= 0.3 is 0 Å². The Morgan fingerprint density at radius 3 is 2.33 bits per heavy atom. The molecular weight excluding hydrogens is 490 g/mol. The standard InChI is InChI=1S/C31H25N5O3/c1-20-8-17-27-26(18-20)30(23-6-4-3-5-7-23)33-31(32-27)35-29(22-9-13-24(14-10-22)36(37)38)19-28(34-35)21-11-15-25(39-2)16-12-21/h3-18,29H,19H2,1-2H3/t29-/m0/s1. The van der Waals surface area contributed by atoms with Gasteiger partial charge in [0.1, 0.15) is 5.75 Å². The SMILES string of the molecule is COc1ccc(C2=NN(c3nc(-c4ccccc4)c4cc(C)ccc4n3)[C@H](c3ccc([N+](=O)[O-])cc3)C2)cc1. The topological polar surface area (TPSA) is 93.8 Å². The normalized spacial score (nSPS) is 14.9. The highest BCUT2D eigenvalue weighted by molar-refractivity contribution is 6.03. The Morgan fingerprint density at radius 2 is 1.64 bits per heavy atom. The zero-order chi connectivity index (χ0) is 26.9. The number of aryl methyl sites for hydroxylation is 1. The molecule has 1 aliphatic rings. The molecule has 0 spiro atoms. The van der Waals surface area contributed by atoms with E-state index in [1.165, 1.54) is 12.1 Å². The van der Waals surface area contributed by atoms with E-state index in [9.17, 15) is 10.1 Å². The molecule has 0 aliphatic carbocycles. The molecule has 4 aromatic carbocycles. The Labute approximate surface area is 225 Å². The number of nitro benzene ring substituents is 1. The summed E-state index contributed by atoms with van der Waals surface area (Å²) in [5.74, 6) is 1.24. The fourth-order valence-electron chi connectivity index (χ4n) is 4.88. The predicted octanol–water partition coefficient (Wildman–Crippen LogP) is 6.88. The van der Waals surface area contributed by atoms with Crippen LogP contribution in [-0.4, -0.2) is 27.7 Å². The Morgan fingerprint density at radius 1 is 0.897 bits per heavy atom. The van der Waals surface area contributed by atoms with Crippen molar-refractivity contribution in [3.05, 3.63) is 124 Å². The van der Waals surface area contributed by atoms with E-state index in [2.05, 4.69) is 13.0 Å². The fraction of sp³-hybridized carbons (Fsp3) is 0.129. The van der Waals surface area contributed by atoms with E-state index in [0.29, 0.717) is 12.4 Å². The minimum atomic E-state index is -0.393. The van der Waals surface area contributed by atoms with E-state index in [0.717, 1.165) is 50.3 Å². The van der Waals surface area contributed by atoms with Crippen molar-refractivity contribution in [1.82, 2.24) is 9.97 Å². The van der Waals surface area contributed by atoms with Gasteiger partial charge < -0.3 is 4.74 Å². The fourth-order valence-corrected chi connectivity index (χ4v) is 4.88. The number of ether oxygens (including phenoxy) is 1. The van der Waals surface area contributed by atoms with E-state index in [1.807, 2.05) is 71.7 Å². The molecule has 0 amide bonds. The first kappa shape index (κ1) is 24.2. The van der Waals surface area contributed by atoms with Crippen LogP contribution in [0.15, 0.2) is 102 Å². The molecule has 8 nitrogen and oxygen atoms in total. The predicted molar refractivity (Wildman–Crippen MR) is 152 cm³/mol. The zero-order valence-corrected chi connectivity index (χ0v) is 21.5. The summed E-state index contributed by atoms with van der Waals surface area (Å²) in [6.45, 7) is 2.05. The Bertz CT molecular complexity index is 1700. The molecule has 0 fully saturated rings. The smallest absolute Gasteiger partial charge is 0.269 e. The molecule has 5 aromatic rings. The summed E-state index contributed by atoms with van der Waals surface area (Å²) in [5, 5.41) is 19.1. The highest BCUT2D eigenvalue weighted by Crippen LogP contribution is 2.38. The van der Waals surface area contributed by atoms with Gasteiger partial charge in [-0.15, -0.1) is 0 Å². The Kier molecular flexibility index (Phi) is 6.20. The summed E-state index contributed by atoms with van der Waals surface area (Å²) >= 11 is 0. The lowest BCUT2D eigenvalue weighted by molar-refractivity contribution is -0.384. The number of aromatic nitrogens is 2. The molecule has 1 atom stereocenters. The van der Waals surface area contributed by atoms with Crippen molar-refractivity contribution in [1.29, 1.82) is 0 Å². The van der Waals surface area contributed by atoms with E-state index in [1.54, 1.807) is 19.2 Å². The van der Waals surface area contributed by atoms with Crippen molar-refractivity contribution < 1.29 is 9.66 Å². The van der Waals surface area contributed by atoms with Gasteiger partial charge in [-0.05, 0) is 54.4 Å². The van der Waals surface area contributed by atoms with Crippen molar-refractivity contribution in [2.75, 3.05) is 12.1 Å². The molecule has 192 valence electrons. The maximum absolute atomic E-state index is 11.3. The van der Waals surface area contributed by atoms with Gasteiger partial charge in [-0.1, -0.05) is 54.1 Å². The zero-order valence-electron chi connectivity index (χ0n) is 21.5. The van der Waals surface area contributed by atoms with Crippen molar-refractivity contribution >= 4 is 28.3 Å². The van der Waals surface area contributed by atoms with Gasteiger partial charge in [-0.25, -0.2) is 15.0 Å². The van der Waals surface area contributed by atoms with Gasteiger partial charge in [0.05, 0.1) is 35.0 Å². The van der Waals surface area contributed by atoms with E-state index in [4.69, 9.17) is 19.8 Å². The third-order valence-electron chi connectivity index (χ3n) is 6.91. The lowest BCUT2D eigenvalue weighted by Crippen LogP contribution is -2.21. The van der Waals surface area contributed by atoms with Gasteiger partial charge in [0, 0.05) is 29.5 Å². The molecule has 8 heteroatoms. The largest absolute Gasteiger partial charge is 0.497 e. The lowest BCUT2D eigenvalue weighted by atomic mass is 9.98. The summed E-state index contributed by atoms with van der Waals surface area (Å²) in [4.78, 5) is 20.9. The first-order valence-corrected chi connectivity index (χ1v) is 12.6. The van der Waals surface area contributed by atoms with Crippen LogP contribution in [0.4, 0.5) is 11.6 Å². The lowest BCUT2D eigenvalue weighted by Gasteiger charge is -2.23. The number of rotatable bonds is 6. The molecule has 39 heavy (non-hydrogen) atoms. The first-order valence-electron chi connectivity index (χ1n) is 12.6. The van der Waals surface area contributed by atoms with Crippen LogP contribution in [0.3, 0.4) is 0 Å². The second kappa shape index (κ2) is 9.98. The van der Waals surface area contributed by atoms with Gasteiger partial charge in [0.15, 0.2) is 0 Å². The first-order chi connectivity index (χ1) is 19.0. The second-order valence-corrected chi connectivity index (χ2v) is 9.45. The number of hydrogen-bond acceptors (Lipinski definition) is 7. The van der Waals surface area contributed by atoms with Crippen molar-refractivity contribution in [3.63, 3.8) is 0 Å². The van der Waals surface area contributed by atoms with E-state index < -0.39 is 4.92 Å². The molecule has 6 rings (SSSR count). The molecule has 0 bridgehead atoms. The van der Waals surface area contributed by atoms with Crippen molar-refractivity contribution in [2.24, 2.45) is 5.10 Å². The number of hydrogen-bond donors (Lipinski definition) is 0. The number of fused-ring (bicyclic) bond motifs is 1. The second-order valence-electron chi connectivity index (χ2n) is 9.45. The monoisotopic (exact) mass is 515 g/mol. The number of nitrogens with zero attached hydrogens (tertiary/aromatic N) is 5. The summed E-state index contributed by atoms with van der Waals surface area (Å²) in [6.07, 6.45) is 0.583. The quantitative estimate of drug-likeness (QED) is 0.181. The Balaban J connectivity index is 1.51. The summed E-state index contributed by atoms with van der Waals surface area (Å²) in [7, 11) is 1.64. The molecule has 0 unspecified atom stereocenters. The number of non-ortho nitro benzene ring substituents is 1. The maximum Gasteiger partial charge on any atom is 0.269 e. The summed E-state index contributed by atoms with van der Waals surface area (Å²) in [6, 6.07) is 30.3. The van der Waals surface area contributed by atoms with Crippen LogP contribution in [-0.2, 0) is 0 Å². The summed E-state index contributed by atoms with van der Waals surface area (Å²) < 4.78 is 5.32. The molecule has 0 radical (unpaired) electrons. The van der Waals surface area contributed by atoms with Gasteiger partial charge in [-0.2, -0.15) is 5.10 Å². The van der Waals surface area contributed by atoms with Crippen molar-refractivity contribution in [3.8, 4) is 17.0 Å². The van der Waals surface area contributed by atoms with Crippen molar-refractivity contribution in [2.45, 2.75) is 19.4 Å². The average molecular weight is 516 g/mol. The van der Waals surface area contributed by atoms with E-state index in [-0.39, 0.29) is 11.7 Å². The Hall–Kier alpha value is -5.11.